The van der Waals surface area contributed by atoms with Crippen LogP contribution in [-0.2, 0) is 16.6 Å². The lowest BCUT2D eigenvalue weighted by Crippen LogP contribution is -2.47. The first-order valence-electron chi connectivity index (χ1n) is 6.56. The van der Waals surface area contributed by atoms with Crippen LogP contribution < -0.4 is 0 Å². The Balaban J connectivity index is 1.59. The normalized spacial score (nSPS) is 18.1. The van der Waals surface area contributed by atoms with Crippen LogP contribution in [0.15, 0.2) is 27.3 Å². The van der Waals surface area contributed by atoms with Crippen molar-refractivity contribution in [3.63, 3.8) is 0 Å². The zero-order valence-electron chi connectivity index (χ0n) is 11.6. The van der Waals surface area contributed by atoms with Gasteiger partial charge in [0.25, 0.3) is 0 Å². The maximum absolute atomic E-state index is 11.4. The van der Waals surface area contributed by atoms with E-state index in [0.29, 0.717) is 50.2 Å². The van der Waals surface area contributed by atoms with Crippen LogP contribution in [0.2, 0.25) is 0 Å². The molecule has 2 aromatic rings. The Morgan fingerprint density at radius 2 is 2.05 bits per heavy atom. The maximum Gasteiger partial charge on any atom is 0.241 e. The molecule has 1 aliphatic rings. The van der Waals surface area contributed by atoms with Crippen LogP contribution in [0.4, 0.5) is 0 Å². The molecule has 21 heavy (non-hydrogen) atoms. The maximum atomic E-state index is 11.4. The Bertz CT molecular complexity index is 687. The predicted molar refractivity (Wildman–Crippen MR) is 73.7 cm³/mol. The Labute approximate surface area is 122 Å². The minimum absolute atomic E-state index is 0.421. The summed E-state index contributed by atoms with van der Waals surface area (Å²) in [6, 6.07) is 3.52. The third kappa shape index (κ3) is 3.31. The largest absolute Gasteiger partial charge is 0.461 e. The van der Waals surface area contributed by atoms with Crippen LogP contribution in [-0.4, -0.2) is 60.2 Å². The van der Waals surface area contributed by atoms with Crippen LogP contribution in [0.5, 0.6) is 0 Å². The summed E-state index contributed by atoms with van der Waals surface area (Å²) in [4.78, 5) is 6.35. The second kappa shape index (κ2) is 5.58. The number of nitrogens with zero attached hydrogens (tertiary/aromatic N) is 4. The van der Waals surface area contributed by atoms with E-state index in [9.17, 15) is 8.42 Å². The van der Waals surface area contributed by atoms with Crippen LogP contribution in [0, 0.1) is 0 Å². The molecule has 0 N–H and O–H groups in total. The van der Waals surface area contributed by atoms with E-state index in [-0.39, 0.29) is 0 Å². The van der Waals surface area contributed by atoms with Gasteiger partial charge < -0.3 is 8.94 Å². The molecule has 0 atom stereocenters. The molecule has 9 heteroatoms. The van der Waals surface area contributed by atoms with Crippen molar-refractivity contribution in [1.82, 2.24) is 19.3 Å². The molecular weight excluding hydrogens is 296 g/mol. The van der Waals surface area contributed by atoms with Gasteiger partial charge in [-0.15, -0.1) is 0 Å². The molecule has 1 aliphatic heterocycles. The number of furan rings is 1. The quantitative estimate of drug-likeness (QED) is 0.807. The van der Waals surface area contributed by atoms with E-state index in [1.54, 1.807) is 18.4 Å². The fourth-order valence-electron chi connectivity index (χ4n) is 2.24. The zero-order valence-corrected chi connectivity index (χ0v) is 12.4. The first-order valence-corrected chi connectivity index (χ1v) is 8.41. The first-order chi connectivity index (χ1) is 10.0. The van der Waals surface area contributed by atoms with Crippen molar-refractivity contribution in [2.75, 3.05) is 32.4 Å². The molecule has 0 saturated carbocycles. The number of hydrogen-bond donors (Lipinski definition) is 0. The minimum atomic E-state index is -3.10. The van der Waals surface area contributed by atoms with Crippen molar-refractivity contribution in [3.8, 4) is 11.6 Å². The number of sulfonamides is 1. The fourth-order valence-corrected chi connectivity index (χ4v) is 3.06. The zero-order chi connectivity index (χ0) is 14.9. The fraction of sp³-hybridized carbons (Fsp3) is 0.500. The van der Waals surface area contributed by atoms with Gasteiger partial charge in [0.05, 0.1) is 19.1 Å². The topological polar surface area (TPSA) is 92.7 Å². The second-order valence-corrected chi connectivity index (χ2v) is 6.91. The number of piperazine rings is 1. The third-order valence-electron chi connectivity index (χ3n) is 3.37. The molecule has 0 aliphatic carbocycles. The summed E-state index contributed by atoms with van der Waals surface area (Å²) >= 11 is 0. The molecule has 0 amide bonds. The summed E-state index contributed by atoms with van der Waals surface area (Å²) in [6.07, 6.45) is 2.78. The van der Waals surface area contributed by atoms with Gasteiger partial charge in [-0.3, -0.25) is 4.90 Å². The van der Waals surface area contributed by atoms with E-state index in [0.717, 1.165) is 0 Å². The van der Waals surface area contributed by atoms with E-state index >= 15 is 0 Å². The highest BCUT2D eigenvalue weighted by molar-refractivity contribution is 7.88. The molecule has 2 aromatic heterocycles. The molecule has 0 unspecified atom stereocenters. The Morgan fingerprint density at radius 3 is 2.67 bits per heavy atom. The average molecular weight is 312 g/mol. The van der Waals surface area contributed by atoms with E-state index in [4.69, 9.17) is 8.94 Å². The van der Waals surface area contributed by atoms with Crippen molar-refractivity contribution in [2.45, 2.75) is 6.54 Å². The van der Waals surface area contributed by atoms with Crippen molar-refractivity contribution in [1.29, 1.82) is 0 Å². The highest BCUT2D eigenvalue weighted by Crippen LogP contribution is 2.17. The van der Waals surface area contributed by atoms with Gasteiger partial charge in [0.15, 0.2) is 5.76 Å². The lowest BCUT2D eigenvalue weighted by atomic mass is 10.3. The summed E-state index contributed by atoms with van der Waals surface area (Å²) in [5, 5.41) is 3.87. The standard InChI is InChI=1S/C12H16N4O4S/c1-21(17,18)16-6-4-15(5-7-16)9-11-13-12(14-20-11)10-3-2-8-19-10/h2-3,8H,4-7,9H2,1H3. The lowest BCUT2D eigenvalue weighted by Gasteiger charge is -2.32. The van der Waals surface area contributed by atoms with Crippen molar-refractivity contribution >= 4 is 10.0 Å². The van der Waals surface area contributed by atoms with E-state index in [1.807, 2.05) is 0 Å². The Morgan fingerprint density at radius 1 is 1.29 bits per heavy atom. The number of aromatic nitrogens is 2. The number of rotatable bonds is 4. The molecule has 0 spiro atoms. The summed E-state index contributed by atoms with van der Waals surface area (Å²) in [5.74, 6) is 1.48. The van der Waals surface area contributed by atoms with Crippen LogP contribution in [0.25, 0.3) is 11.6 Å². The summed E-state index contributed by atoms with van der Waals surface area (Å²) in [5.41, 5.74) is 0. The van der Waals surface area contributed by atoms with E-state index in [1.165, 1.54) is 10.6 Å². The SMILES string of the molecule is CS(=O)(=O)N1CCN(Cc2nc(-c3ccco3)no2)CC1. The molecule has 1 fully saturated rings. The minimum Gasteiger partial charge on any atom is -0.461 e. The highest BCUT2D eigenvalue weighted by Gasteiger charge is 2.24. The lowest BCUT2D eigenvalue weighted by molar-refractivity contribution is 0.164. The van der Waals surface area contributed by atoms with E-state index in [2.05, 4.69) is 15.0 Å². The third-order valence-corrected chi connectivity index (χ3v) is 4.67. The van der Waals surface area contributed by atoms with Gasteiger partial charge in [-0.1, -0.05) is 5.16 Å². The first kappa shape index (κ1) is 14.2. The highest BCUT2D eigenvalue weighted by atomic mass is 32.2. The van der Waals surface area contributed by atoms with Crippen molar-refractivity contribution < 1.29 is 17.4 Å². The second-order valence-electron chi connectivity index (χ2n) is 4.93. The van der Waals surface area contributed by atoms with Gasteiger partial charge in [-0.05, 0) is 12.1 Å². The van der Waals surface area contributed by atoms with Gasteiger partial charge in [0.1, 0.15) is 0 Å². The Kier molecular flexibility index (Phi) is 3.79. The van der Waals surface area contributed by atoms with Gasteiger partial charge in [-0.25, -0.2) is 8.42 Å². The molecule has 0 radical (unpaired) electrons. The van der Waals surface area contributed by atoms with Crippen molar-refractivity contribution in [3.05, 3.63) is 24.3 Å². The van der Waals surface area contributed by atoms with Gasteiger partial charge >= 0.3 is 0 Å². The Hall–Kier alpha value is -1.71. The van der Waals surface area contributed by atoms with Gasteiger partial charge in [0, 0.05) is 26.2 Å². The molecule has 3 rings (SSSR count). The van der Waals surface area contributed by atoms with Crippen molar-refractivity contribution in [2.24, 2.45) is 0 Å². The molecule has 0 bridgehead atoms. The van der Waals surface area contributed by atoms with E-state index < -0.39 is 10.0 Å². The smallest absolute Gasteiger partial charge is 0.241 e. The molecule has 1 saturated heterocycles. The van der Waals surface area contributed by atoms with Crippen LogP contribution >= 0.6 is 0 Å². The van der Waals surface area contributed by atoms with Gasteiger partial charge in [-0.2, -0.15) is 9.29 Å². The molecule has 0 aromatic carbocycles. The molecule has 8 nitrogen and oxygen atoms in total. The predicted octanol–water partition coefficient (Wildman–Crippen LogP) is 0.407. The van der Waals surface area contributed by atoms with Gasteiger partial charge in [0.2, 0.25) is 21.7 Å². The molecular formula is C12H16N4O4S. The molecule has 3 heterocycles. The van der Waals surface area contributed by atoms with Crippen LogP contribution in [0.3, 0.4) is 0 Å². The van der Waals surface area contributed by atoms with Crippen LogP contribution in [0.1, 0.15) is 5.89 Å². The monoisotopic (exact) mass is 312 g/mol. The summed E-state index contributed by atoms with van der Waals surface area (Å²) in [7, 11) is -3.10. The average Bonchev–Trinajstić information content (AvgIpc) is 3.08. The summed E-state index contributed by atoms with van der Waals surface area (Å²) in [6.45, 7) is 2.76. The number of hydrogen-bond acceptors (Lipinski definition) is 7. The summed E-state index contributed by atoms with van der Waals surface area (Å²) < 4.78 is 34.8. The molecule has 114 valence electrons.